The Labute approximate surface area is 103 Å². The number of aryl methyl sites for hydroxylation is 1. The van der Waals surface area contributed by atoms with Gasteiger partial charge in [0.1, 0.15) is 11.9 Å². The Kier molecular flexibility index (Phi) is 3.54. The van der Waals surface area contributed by atoms with Crippen molar-refractivity contribution < 1.29 is 18.6 Å². The second-order valence-electron chi connectivity index (χ2n) is 4.14. The number of fused-ring (bicyclic) bond motifs is 1. The van der Waals surface area contributed by atoms with Gasteiger partial charge in [-0.1, -0.05) is 12.1 Å². The minimum atomic E-state index is -3.56. The molecule has 1 aliphatic rings. The number of halogens is 3. The predicted molar refractivity (Wildman–Crippen MR) is 60.8 cm³/mol. The van der Waals surface area contributed by atoms with Gasteiger partial charge in [0.15, 0.2) is 0 Å². The summed E-state index contributed by atoms with van der Waals surface area (Å²) in [6.45, 7) is 0.668. The summed E-state index contributed by atoms with van der Waals surface area (Å²) in [5.41, 5.74) is 2.00. The highest BCUT2D eigenvalue weighted by Crippen LogP contribution is 2.29. The topological polar surface area (TPSA) is 29.5 Å². The van der Waals surface area contributed by atoms with Crippen LogP contribution in [0.2, 0.25) is 0 Å². The Balaban J connectivity index is 1.96. The van der Waals surface area contributed by atoms with Crippen LogP contribution in [0.15, 0.2) is 18.2 Å². The summed E-state index contributed by atoms with van der Waals surface area (Å²) in [5.74, 6) is 0.858. The summed E-state index contributed by atoms with van der Waals surface area (Å²) in [5, 5.41) is 5.58. The molecule has 2 rings (SSSR count). The molecule has 0 fully saturated rings. The number of alkyl halides is 3. The molecule has 1 aliphatic heterocycles. The van der Waals surface area contributed by atoms with E-state index in [1.54, 1.807) is 0 Å². The van der Waals surface area contributed by atoms with E-state index >= 15 is 0 Å². The van der Waals surface area contributed by atoms with Crippen LogP contribution >= 0.6 is 11.6 Å². The largest absolute Gasteiger partial charge is 0.493 e. The van der Waals surface area contributed by atoms with E-state index in [0.29, 0.717) is 13.0 Å². The van der Waals surface area contributed by atoms with Gasteiger partial charge in [-0.15, -0.1) is 0 Å². The first-order valence-electron chi connectivity index (χ1n) is 5.46. The summed E-state index contributed by atoms with van der Waals surface area (Å²) < 4.78 is 30.4. The molecule has 1 N–H and O–H groups in total. The Bertz CT molecular complexity index is 404. The van der Waals surface area contributed by atoms with Crippen molar-refractivity contribution in [1.82, 2.24) is 0 Å². The van der Waals surface area contributed by atoms with E-state index in [-0.39, 0.29) is 6.42 Å². The number of rotatable bonds is 4. The molecule has 0 radical (unpaired) electrons. The predicted octanol–water partition coefficient (Wildman–Crippen LogP) is 2.75. The van der Waals surface area contributed by atoms with Crippen molar-refractivity contribution in [3.8, 4) is 5.75 Å². The van der Waals surface area contributed by atoms with Crippen molar-refractivity contribution in [3.63, 3.8) is 0 Å². The first-order valence-corrected chi connectivity index (χ1v) is 5.84. The lowest BCUT2D eigenvalue weighted by atomic mass is 10.0. The second-order valence-corrected chi connectivity index (χ2v) is 4.64. The molecule has 0 spiro atoms. The van der Waals surface area contributed by atoms with E-state index < -0.39 is 11.5 Å². The lowest BCUT2D eigenvalue weighted by Crippen LogP contribution is -2.27. The van der Waals surface area contributed by atoms with Crippen LogP contribution in [0.1, 0.15) is 17.5 Å². The first-order chi connectivity index (χ1) is 7.97. The van der Waals surface area contributed by atoms with Gasteiger partial charge in [-0.3, -0.25) is 0 Å². The van der Waals surface area contributed by atoms with Crippen LogP contribution in [-0.4, -0.2) is 23.2 Å². The molecule has 0 aromatic heterocycles. The van der Waals surface area contributed by atoms with Crippen molar-refractivity contribution >= 4 is 11.6 Å². The molecule has 94 valence electrons. The number of hydrogen-bond acceptors (Lipinski definition) is 2. The number of aliphatic hydroxyl groups is 1. The van der Waals surface area contributed by atoms with Crippen LogP contribution in [0.5, 0.6) is 5.75 Å². The SMILES string of the molecule is OC(CCc1ccc2c(c1)CCO2)C(F)(F)Cl. The molecule has 0 aliphatic carbocycles. The fourth-order valence-electron chi connectivity index (χ4n) is 1.86. The van der Waals surface area contributed by atoms with E-state index in [1.807, 2.05) is 18.2 Å². The Hall–Kier alpha value is -0.870. The van der Waals surface area contributed by atoms with Crippen molar-refractivity contribution in [1.29, 1.82) is 0 Å². The van der Waals surface area contributed by atoms with Crippen molar-refractivity contribution in [2.75, 3.05) is 6.61 Å². The number of ether oxygens (including phenoxy) is 1. The lowest BCUT2D eigenvalue weighted by Gasteiger charge is -2.15. The molecule has 1 unspecified atom stereocenters. The summed E-state index contributed by atoms with van der Waals surface area (Å²) >= 11 is 4.74. The fraction of sp³-hybridized carbons (Fsp3) is 0.500. The third kappa shape index (κ3) is 3.07. The van der Waals surface area contributed by atoms with Gasteiger partial charge >= 0.3 is 5.38 Å². The summed E-state index contributed by atoms with van der Waals surface area (Å²) in [7, 11) is 0. The zero-order valence-corrected chi connectivity index (χ0v) is 9.88. The van der Waals surface area contributed by atoms with Gasteiger partial charge in [-0.2, -0.15) is 8.78 Å². The lowest BCUT2D eigenvalue weighted by molar-refractivity contribution is -0.0440. The van der Waals surface area contributed by atoms with E-state index in [0.717, 1.165) is 23.3 Å². The van der Waals surface area contributed by atoms with E-state index in [1.165, 1.54) is 0 Å². The molecule has 0 bridgehead atoms. The first kappa shape index (κ1) is 12.6. The van der Waals surface area contributed by atoms with E-state index in [9.17, 15) is 8.78 Å². The van der Waals surface area contributed by atoms with Gasteiger partial charge in [0.25, 0.3) is 0 Å². The number of hydrogen-bond donors (Lipinski definition) is 1. The minimum Gasteiger partial charge on any atom is -0.493 e. The third-order valence-electron chi connectivity index (χ3n) is 2.84. The maximum atomic E-state index is 12.5. The highest BCUT2D eigenvalue weighted by atomic mass is 35.5. The smallest absolute Gasteiger partial charge is 0.347 e. The Morgan fingerprint density at radius 3 is 2.94 bits per heavy atom. The summed E-state index contributed by atoms with van der Waals surface area (Å²) in [6, 6.07) is 5.59. The summed E-state index contributed by atoms with van der Waals surface area (Å²) in [6.07, 6.45) is -0.654. The summed E-state index contributed by atoms with van der Waals surface area (Å²) in [4.78, 5) is 0. The van der Waals surface area contributed by atoms with Crippen LogP contribution < -0.4 is 4.74 Å². The van der Waals surface area contributed by atoms with Gasteiger partial charge in [0, 0.05) is 6.42 Å². The molecule has 5 heteroatoms. The highest BCUT2D eigenvalue weighted by Gasteiger charge is 2.34. The van der Waals surface area contributed by atoms with Crippen LogP contribution in [0.3, 0.4) is 0 Å². The second kappa shape index (κ2) is 4.78. The number of aliphatic hydroxyl groups excluding tert-OH is 1. The highest BCUT2D eigenvalue weighted by molar-refractivity contribution is 6.22. The standard InChI is InChI=1S/C12H13ClF2O2/c13-12(14,15)11(16)4-2-8-1-3-10-9(7-8)5-6-17-10/h1,3,7,11,16H,2,4-6H2. The normalized spacial score (nSPS) is 16.5. The monoisotopic (exact) mass is 262 g/mol. The van der Waals surface area contributed by atoms with Gasteiger partial charge < -0.3 is 9.84 Å². The van der Waals surface area contributed by atoms with Crippen LogP contribution in [0.25, 0.3) is 0 Å². The molecule has 1 aromatic rings. The molecular weight excluding hydrogens is 250 g/mol. The molecule has 0 amide bonds. The van der Waals surface area contributed by atoms with Crippen molar-refractivity contribution in [3.05, 3.63) is 29.3 Å². The molecule has 1 atom stereocenters. The van der Waals surface area contributed by atoms with E-state index in [2.05, 4.69) is 0 Å². The maximum Gasteiger partial charge on any atom is 0.347 e. The Morgan fingerprint density at radius 1 is 1.47 bits per heavy atom. The number of benzene rings is 1. The van der Waals surface area contributed by atoms with Crippen molar-refractivity contribution in [2.24, 2.45) is 0 Å². The fourth-order valence-corrected chi connectivity index (χ4v) is 1.97. The van der Waals surface area contributed by atoms with Gasteiger partial charge in [-0.05, 0) is 41.6 Å². The molecular formula is C12H13ClF2O2. The molecule has 1 aromatic carbocycles. The maximum absolute atomic E-state index is 12.5. The quantitative estimate of drug-likeness (QED) is 0.846. The third-order valence-corrected chi connectivity index (χ3v) is 3.09. The average molecular weight is 263 g/mol. The molecule has 2 nitrogen and oxygen atoms in total. The van der Waals surface area contributed by atoms with Crippen LogP contribution in [0.4, 0.5) is 8.78 Å². The Morgan fingerprint density at radius 2 is 2.24 bits per heavy atom. The van der Waals surface area contributed by atoms with Crippen molar-refractivity contribution in [2.45, 2.75) is 30.7 Å². The average Bonchev–Trinajstić information content (AvgIpc) is 2.71. The molecule has 17 heavy (non-hydrogen) atoms. The van der Waals surface area contributed by atoms with Crippen LogP contribution in [0, 0.1) is 0 Å². The van der Waals surface area contributed by atoms with Gasteiger partial charge in [-0.25, -0.2) is 0 Å². The van der Waals surface area contributed by atoms with Crippen LogP contribution in [-0.2, 0) is 12.8 Å². The molecule has 0 saturated carbocycles. The van der Waals surface area contributed by atoms with Gasteiger partial charge in [0.2, 0.25) is 0 Å². The van der Waals surface area contributed by atoms with Gasteiger partial charge in [0.05, 0.1) is 6.61 Å². The van der Waals surface area contributed by atoms with E-state index in [4.69, 9.17) is 21.4 Å². The molecule has 0 saturated heterocycles. The zero-order valence-electron chi connectivity index (χ0n) is 9.13. The molecule has 1 heterocycles. The minimum absolute atomic E-state index is 0.0594. The zero-order chi connectivity index (χ0) is 12.5.